The summed E-state index contributed by atoms with van der Waals surface area (Å²) in [4.78, 5) is 14.1. The predicted molar refractivity (Wildman–Crippen MR) is 86.4 cm³/mol. The number of carbonyl (C=O) groups is 1. The molecular weight excluding hydrogens is 264 g/mol. The highest BCUT2D eigenvalue weighted by Gasteiger charge is 2.20. The van der Waals surface area contributed by atoms with E-state index >= 15 is 0 Å². The van der Waals surface area contributed by atoms with Crippen molar-refractivity contribution in [3.05, 3.63) is 29.8 Å². The van der Waals surface area contributed by atoms with Crippen molar-refractivity contribution in [2.75, 3.05) is 20.7 Å². The van der Waals surface area contributed by atoms with Gasteiger partial charge in [-0.25, -0.2) is 0 Å². The Morgan fingerprint density at radius 1 is 1.38 bits per heavy atom. The molecule has 0 aliphatic rings. The highest BCUT2D eigenvalue weighted by molar-refractivity contribution is 5.76. The molecule has 0 aliphatic heterocycles. The maximum Gasteiger partial charge on any atom is 0.222 e. The summed E-state index contributed by atoms with van der Waals surface area (Å²) in [5.41, 5.74) is 6.81. The van der Waals surface area contributed by atoms with Crippen molar-refractivity contribution in [2.24, 2.45) is 11.7 Å². The average Bonchev–Trinajstić information content (AvgIpc) is 2.51. The zero-order valence-electron chi connectivity index (χ0n) is 13.6. The molecule has 4 heteroatoms. The molecule has 4 nitrogen and oxygen atoms in total. The Labute approximate surface area is 128 Å². The van der Waals surface area contributed by atoms with Crippen LogP contribution >= 0.6 is 0 Å². The second-order valence-corrected chi connectivity index (χ2v) is 5.58. The number of nitrogens with zero attached hydrogens (tertiary/aromatic N) is 1. The van der Waals surface area contributed by atoms with Gasteiger partial charge in [0.25, 0.3) is 0 Å². The van der Waals surface area contributed by atoms with E-state index in [2.05, 4.69) is 13.8 Å². The molecule has 0 fully saturated rings. The smallest absolute Gasteiger partial charge is 0.222 e. The summed E-state index contributed by atoms with van der Waals surface area (Å²) in [6.45, 7) is 4.70. The zero-order valence-corrected chi connectivity index (χ0v) is 13.6. The van der Waals surface area contributed by atoms with E-state index in [9.17, 15) is 4.79 Å². The Kier molecular flexibility index (Phi) is 7.23. The maximum absolute atomic E-state index is 12.3. The number of likely N-dealkylation sites (N-methyl/N-ethyl adjacent to an activating group) is 1. The van der Waals surface area contributed by atoms with Gasteiger partial charge in [0.1, 0.15) is 5.75 Å². The lowest BCUT2D eigenvalue weighted by atomic mass is 10.0. The van der Waals surface area contributed by atoms with Crippen LogP contribution < -0.4 is 10.5 Å². The fourth-order valence-corrected chi connectivity index (χ4v) is 2.36. The molecule has 0 saturated heterocycles. The molecule has 1 aromatic carbocycles. The number of carbonyl (C=O) groups excluding carboxylic acids is 1. The van der Waals surface area contributed by atoms with Crippen molar-refractivity contribution in [2.45, 2.75) is 39.2 Å². The van der Waals surface area contributed by atoms with Gasteiger partial charge in [0.15, 0.2) is 0 Å². The van der Waals surface area contributed by atoms with Crippen LogP contribution in [0.25, 0.3) is 0 Å². The van der Waals surface area contributed by atoms with Gasteiger partial charge in [0.05, 0.1) is 7.11 Å². The number of hydrogen-bond donors (Lipinski definition) is 1. The minimum Gasteiger partial charge on any atom is -0.496 e. The van der Waals surface area contributed by atoms with Gasteiger partial charge in [-0.15, -0.1) is 0 Å². The molecule has 0 aliphatic carbocycles. The van der Waals surface area contributed by atoms with Crippen molar-refractivity contribution in [1.29, 1.82) is 0 Å². The molecule has 0 radical (unpaired) electrons. The Bertz CT molecular complexity index is 444. The molecule has 0 saturated carbocycles. The van der Waals surface area contributed by atoms with E-state index in [0.29, 0.717) is 13.0 Å². The maximum atomic E-state index is 12.3. The number of para-hydroxylation sites is 1. The van der Waals surface area contributed by atoms with Crippen LogP contribution in [0.15, 0.2) is 24.3 Å². The second-order valence-electron chi connectivity index (χ2n) is 5.58. The first-order valence-corrected chi connectivity index (χ1v) is 7.61. The molecule has 0 aromatic heterocycles. The van der Waals surface area contributed by atoms with Crippen molar-refractivity contribution >= 4 is 5.91 Å². The van der Waals surface area contributed by atoms with Crippen LogP contribution in [-0.2, 0) is 11.2 Å². The minimum atomic E-state index is 0.129. The van der Waals surface area contributed by atoms with E-state index in [0.717, 1.165) is 24.2 Å². The number of amides is 1. The summed E-state index contributed by atoms with van der Waals surface area (Å²) in [6, 6.07) is 8.07. The van der Waals surface area contributed by atoms with E-state index in [4.69, 9.17) is 10.5 Å². The first-order valence-electron chi connectivity index (χ1n) is 7.61. The summed E-state index contributed by atoms with van der Waals surface area (Å²) in [6.07, 6.45) is 2.25. The largest absolute Gasteiger partial charge is 0.496 e. The van der Waals surface area contributed by atoms with Gasteiger partial charge in [-0.2, -0.15) is 0 Å². The molecule has 0 spiro atoms. The van der Waals surface area contributed by atoms with Gasteiger partial charge in [-0.05, 0) is 37.4 Å². The Morgan fingerprint density at radius 2 is 2.05 bits per heavy atom. The van der Waals surface area contributed by atoms with Gasteiger partial charge >= 0.3 is 0 Å². The summed E-state index contributed by atoms with van der Waals surface area (Å²) in [5, 5.41) is 0. The summed E-state index contributed by atoms with van der Waals surface area (Å²) in [7, 11) is 3.54. The first-order chi connectivity index (χ1) is 10.0. The fraction of sp³-hybridized carbons (Fsp3) is 0.588. The Hall–Kier alpha value is -1.55. The molecule has 2 N–H and O–H groups in total. The number of rotatable bonds is 8. The van der Waals surface area contributed by atoms with Crippen molar-refractivity contribution in [3.63, 3.8) is 0 Å². The van der Waals surface area contributed by atoms with Gasteiger partial charge < -0.3 is 15.4 Å². The monoisotopic (exact) mass is 292 g/mol. The van der Waals surface area contributed by atoms with E-state index in [-0.39, 0.29) is 17.9 Å². The van der Waals surface area contributed by atoms with E-state index in [1.807, 2.05) is 36.2 Å². The Morgan fingerprint density at radius 3 is 2.62 bits per heavy atom. The highest BCUT2D eigenvalue weighted by Crippen LogP contribution is 2.20. The average molecular weight is 292 g/mol. The quantitative estimate of drug-likeness (QED) is 0.801. The summed E-state index contributed by atoms with van der Waals surface area (Å²) >= 11 is 0. The number of hydrogen-bond acceptors (Lipinski definition) is 3. The van der Waals surface area contributed by atoms with Crippen molar-refractivity contribution < 1.29 is 9.53 Å². The predicted octanol–water partition coefficient (Wildman–Crippen LogP) is 2.46. The zero-order chi connectivity index (χ0) is 15.8. The standard InChI is InChI=1S/C17H28N2O2/c1-5-14(12-18)11-17(20)19(3)13(2)10-15-8-6-7-9-16(15)21-4/h6-9,13-14H,5,10-12,18H2,1-4H3. The molecular formula is C17H28N2O2. The number of ether oxygens (including phenoxy) is 1. The van der Waals surface area contributed by atoms with Crippen LogP contribution in [0.1, 0.15) is 32.3 Å². The SMILES string of the molecule is CCC(CN)CC(=O)N(C)C(C)Cc1ccccc1OC. The lowest BCUT2D eigenvalue weighted by molar-refractivity contribution is -0.132. The van der Waals surface area contributed by atoms with Crippen LogP contribution in [0.2, 0.25) is 0 Å². The van der Waals surface area contributed by atoms with Crippen molar-refractivity contribution in [1.82, 2.24) is 4.90 Å². The van der Waals surface area contributed by atoms with Crippen molar-refractivity contribution in [3.8, 4) is 5.75 Å². The molecule has 1 aromatic rings. The third-order valence-electron chi connectivity index (χ3n) is 4.14. The summed E-state index contributed by atoms with van der Waals surface area (Å²) in [5.74, 6) is 1.31. The topological polar surface area (TPSA) is 55.6 Å². The molecule has 21 heavy (non-hydrogen) atoms. The second kappa shape index (κ2) is 8.67. The molecule has 2 unspecified atom stereocenters. The lowest BCUT2D eigenvalue weighted by Gasteiger charge is -2.27. The van der Waals surface area contributed by atoms with Gasteiger partial charge in [0.2, 0.25) is 5.91 Å². The Balaban J connectivity index is 2.65. The van der Waals surface area contributed by atoms with Crippen LogP contribution in [0.5, 0.6) is 5.75 Å². The molecule has 1 rings (SSSR count). The van der Waals surface area contributed by atoms with E-state index in [1.54, 1.807) is 7.11 Å². The van der Waals surface area contributed by atoms with E-state index in [1.165, 1.54) is 0 Å². The fourth-order valence-electron chi connectivity index (χ4n) is 2.36. The first kappa shape index (κ1) is 17.5. The third-order valence-corrected chi connectivity index (χ3v) is 4.14. The van der Waals surface area contributed by atoms with Gasteiger partial charge in [-0.3, -0.25) is 4.79 Å². The molecule has 1 amide bonds. The molecule has 0 heterocycles. The molecule has 0 bridgehead atoms. The van der Waals surface area contributed by atoms with Crippen LogP contribution in [-0.4, -0.2) is 37.6 Å². The molecule has 118 valence electrons. The number of benzene rings is 1. The number of methoxy groups -OCH3 is 1. The minimum absolute atomic E-state index is 0.129. The molecule has 2 atom stereocenters. The van der Waals surface area contributed by atoms with Crippen LogP contribution in [0, 0.1) is 5.92 Å². The van der Waals surface area contributed by atoms with Crippen LogP contribution in [0.4, 0.5) is 0 Å². The lowest BCUT2D eigenvalue weighted by Crippen LogP contribution is -2.38. The van der Waals surface area contributed by atoms with E-state index < -0.39 is 0 Å². The highest BCUT2D eigenvalue weighted by atomic mass is 16.5. The van der Waals surface area contributed by atoms with Crippen LogP contribution in [0.3, 0.4) is 0 Å². The van der Waals surface area contributed by atoms with Gasteiger partial charge in [-0.1, -0.05) is 31.5 Å². The normalized spacial score (nSPS) is 13.6. The van der Waals surface area contributed by atoms with Gasteiger partial charge in [0, 0.05) is 19.5 Å². The summed E-state index contributed by atoms with van der Waals surface area (Å²) < 4.78 is 5.37. The number of nitrogens with two attached hydrogens (primary N) is 1. The third kappa shape index (κ3) is 5.05.